The molecule has 5 rings (SSSR count). The van der Waals surface area contributed by atoms with E-state index in [1.54, 1.807) is 18.5 Å². The van der Waals surface area contributed by atoms with E-state index in [4.69, 9.17) is 21.4 Å². The Balaban J connectivity index is 1.47. The molecule has 5 heterocycles. The van der Waals surface area contributed by atoms with Crippen LogP contribution in [0.2, 0.25) is 0 Å². The molecule has 0 bridgehead atoms. The first-order chi connectivity index (χ1) is 14.2. The predicted molar refractivity (Wildman–Crippen MR) is 117 cm³/mol. The molecule has 0 spiro atoms. The highest BCUT2D eigenvalue weighted by Gasteiger charge is 2.23. The molecule has 0 saturated carbocycles. The van der Waals surface area contributed by atoms with Crippen molar-refractivity contribution >= 4 is 57.1 Å². The van der Waals surface area contributed by atoms with Crippen LogP contribution in [0, 0.1) is 0 Å². The number of carbonyl (C=O) groups excluding carboxylic acids is 1. The second kappa shape index (κ2) is 7.58. The molecule has 29 heavy (non-hydrogen) atoms. The predicted octanol–water partition coefficient (Wildman–Crippen LogP) is 3.22. The first-order valence-electron chi connectivity index (χ1n) is 9.09. The van der Waals surface area contributed by atoms with Gasteiger partial charge in [0.2, 0.25) is 0 Å². The maximum atomic E-state index is 11.9. The first kappa shape index (κ1) is 18.3. The Labute approximate surface area is 176 Å². The molecule has 0 unspecified atom stereocenters. The number of thioether (sulfide) groups is 1. The number of hydrogen-bond acceptors (Lipinski definition) is 8. The fraction of sp³-hybridized carbons (Fsp3) is 0.200. The second-order valence-electron chi connectivity index (χ2n) is 6.61. The molecule has 2 aliphatic heterocycles. The minimum atomic E-state index is -0.207. The van der Waals surface area contributed by atoms with Gasteiger partial charge in [-0.1, -0.05) is 24.0 Å². The molecule has 146 valence electrons. The molecule has 2 fully saturated rings. The topological polar surface area (TPSA) is 80.5 Å². The molecule has 3 aromatic rings. The Morgan fingerprint density at radius 1 is 1.21 bits per heavy atom. The van der Waals surface area contributed by atoms with Gasteiger partial charge >= 0.3 is 0 Å². The lowest BCUT2D eigenvalue weighted by Gasteiger charge is -2.27. The van der Waals surface area contributed by atoms with Crippen LogP contribution in [0.5, 0.6) is 0 Å². The number of nitrogens with zero attached hydrogens (tertiary/aromatic N) is 3. The summed E-state index contributed by atoms with van der Waals surface area (Å²) in [6.45, 7) is 3.13. The summed E-state index contributed by atoms with van der Waals surface area (Å²) < 4.78 is 11.9. The van der Waals surface area contributed by atoms with Crippen molar-refractivity contribution in [1.82, 2.24) is 15.3 Å². The monoisotopic (exact) mass is 424 g/mol. The van der Waals surface area contributed by atoms with Gasteiger partial charge in [0.1, 0.15) is 21.5 Å². The largest absolute Gasteiger partial charge is 0.456 e. The molecule has 0 atom stereocenters. The van der Waals surface area contributed by atoms with Crippen molar-refractivity contribution < 1.29 is 13.9 Å². The van der Waals surface area contributed by atoms with Crippen molar-refractivity contribution in [2.45, 2.75) is 0 Å². The minimum absolute atomic E-state index is 0.207. The summed E-state index contributed by atoms with van der Waals surface area (Å²) in [5, 5.41) is 3.46. The number of fused-ring (bicyclic) bond motifs is 1. The number of aromatic nitrogens is 2. The zero-order chi connectivity index (χ0) is 19.8. The highest BCUT2D eigenvalue weighted by molar-refractivity contribution is 8.26. The molecule has 0 radical (unpaired) electrons. The van der Waals surface area contributed by atoms with Gasteiger partial charge in [0.25, 0.3) is 5.91 Å². The summed E-state index contributed by atoms with van der Waals surface area (Å²) in [5.41, 5.74) is 2.48. The van der Waals surface area contributed by atoms with Crippen LogP contribution < -0.4 is 10.2 Å². The Morgan fingerprint density at radius 3 is 2.79 bits per heavy atom. The zero-order valence-electron chi connectivity index (χ0n) is 15.3. The number of furan rings is 1. The van der Waals surface area contributed by atoms with Gasteiger partial charge in [-0.2, -0.15) is 0 Å². The van der Waals surface area contributed by atoms with Crippen LogP contribution >= 0.6 is 24.0 Å². The van der Waals surface area contributed by atoms with Gasteiger partial charge in [-0.3, -0.25) is 9.78 Å². The normalized spacial score (nSPS) is 18.6. The van der Waals surface area contributed by atoms with Crippen molar-refractivity contribution in [2.24, 2.45) is 0 Å². The molecule has 2 saturated heterocycles. The molecular weight excluding hydrogens is 408 g/mol. The van der Waals surface area contributed by atoms with Gasteiger partial charge in [-0.15, -0.1) is 0 Å². The molecule has 7 nitrogen and oxygen atoms in total. The quantitative estimate of drug-likeness (QED) is 0.507. The van der Waals surface area contributed by atoms with E-state index in [1.165, 1.54) is 11.8 Å². The van der Waals surface area contributed by atoms with E-state index in [0.29, 0.717) is 20.6 Å². The molecule has 3 aromatic heterocycles. The fourth-order valence-electron chi connectivity index (χ4n) is 3.33. The number of ether oxygens (including phenoxy) is 1. The van der Waals surface area contributed by atoms with Crippen molar-refractivity contribution in [2.75, 3.05) is 31.2 Å². The summed E-state index contributed by atoms with van der Waals surface area (Å²) in [4.78, 5) is 23.6. The summed E-state index contributed by atoms with van der Waals surface area (Å²) in [5.74, 6) is 1.30. The Morgan fingerprint density at radius 2 is 2.07 bits per heavy atom. The Hall–Kier alpha value is -2.75. The standard InChI is InChI=1S/C20H16N4O3S2/c25-19-16(29-20(28)23-19)8-14-7-13-9-21-11-15(18(13)27-14)12-1-2-17(22-10-12)24-3-5-26-6-4-24/h1-2,7-11H,3-6H2,(H,23,25,28). The van der Waals surface area contributed by atoms with Gasteiger partial charge in [-0.25, -0.2) is 4.98 Å². The van der Waals surface area contributed by atoms with E-state index in [9.17, 15) is 4.79 Å². The fourth-order valence-corrected chi connectivity index (χ4v) is 4.36. The molecule has 0 aliphatic carbocycles. The van der Waals surface area contributed by atoms with Gasteiger partial charge in [0.15, 0.2) is 0 Å². The maximum absolute atomic E-state index is 11.9. The second-order valence-corrected chi connectivity index (χ2v) is 8.33. The smallest absolute Gasteiger partial charge is 0.263 e. The summed E-state index contributed by atoms with van der Waals surface area (Å²) >= 11 is 6.26. The third kappa shape index (κ3) is 3.64. The number of rotatable bonds is 3. The highest BCUT2D eigenvalue weighted by atomic mass is 32.2. The van der Waals surface area contributed by atoms with Crippen molar-refractivity contribution in [1.29, 1.82) is 0 Å². The van der Waals surface area contributed by atoms with E-state index < -0.39 is 0 Å². The van der Waals surface area contributed by atoms with Gasteiger partial charge < -0.3 is 19.4 Å². The number of amides is 1. The molecule has 1 N–H and O–H groups in total. The van der Waals surface area contributed by atoms with Gasteiger partial charge in [0, 0.05) is 54.3 Å². The molecule has 1 amide bonds. The van der Waals surface area contributed by atoms with E-state index in [0.717, 1.165) is 48.6 Å². The molecule has 0 aromatic carbocycles. The van der Waals surface area contributed by atoms with Crippen LogP contribution in [0.15, 0.2) is 46.1 Å². The molecular formula is C20H16N4O3S2. The van der Waals surface area contributed by atoms with E-state index in [1.807, 2.05) is 24.4 Å². The number of morpholine rings is 1. The van der Waals surface area contributed by atoms with Crippen molar-refractivity contribution in [3.8, 4) is 11.1 Å². The average Bonchev–Trinajstić information content (AvgIpc) is 3.30. The Kier molecular flexibility index (Phi) is 4.78. The van der Waals surface area contributed by atoms with Crippen LogP contribution in [-0.4, -0.2) is 46.5 Å². The van der Waals surface area contributed by atoms with Crippen LogP contribution in [-0.2, 0) is 9.53 Å². The number of pyridine rings is 2. The van der Waals surface area contributed by atoms with E-state index in [-0.39, 0.29) is 5.91 Å². The lowest BCUT2D eigenvalue weighted by Crippen LogP contribution is -2.36. The average molecular weight is 425 g/mol. The lowest BCUT2D eigenvalue weighted by molar-refractivity contribution is -0.115. The summed E-state index contributed by atoms with van der Waals surface area (Å²) in [6.07, 6.45) is 7.04. The third-order valence-electron chi connectivity index (χ3n) is 4.75. The van der Waals surface area contributed by atoms with Crippen LogP contribution in [0.1, 0.15) is 5.76 Å². The van der Waals surface area contributed by atoms with Crippen LogP contribution in [0.25, 0.3) is 28.2 Å². The SMILES string of the molecule is O=C1NC(=S)SC1=Cc1cc2cncc(-c3ccc(N4CCOCC4)nc3)c2o1. The van der Waals surface area contributed by atoms with Gasteiger partial charge in [-0.05, 0) is 18.2 Å². The number of nitrogens with one attached hydrogen (secondary N) is 1. The number of carbonyl (C=O) groups is 1. The zero-order valence-corrected chi connectivity index (χ0v) is 16.9. The molecule has 9 heteroatoms. The third-order valence-corrected chi connectivity index (χ3v) is 5.91. The maximum Gasteiger partial charge on any atom is 0.263 e. The van der Waals surface area contributed by atoms with Crippen molar-refractivity contribution in [3.63, 3.8) is 0 Å². The summed E-state index contributed by atoms with van der Waals surface area (Å²) in [7, 11) is 0. The van der Waals surface area contributed by atoms with E-state index in [2.05, 4.69) is 20.2 Å². The molecule has 2 aliphatic rings. The lowest BCUT2D eigenvalue weighted by atomic mass is 10.1. The summed E-state index contributed by atoms with van der Waals surface area (Å²) in [6, 6.07) is 5.89. The number of hydrogen-bond donors (Lipinski definition) is 1. The first-order valence-corrected chi connectivity index (χ1v) is 10.3. The number of anilines is 1. The van der Waals surface area contributed by atoms with Crippen molar-refractivity contribution in [3.05, 3.63) is 47.5 Å². The van der Waals surface area contributed by atoms with Gasteiger partial charge in [0.05, 0.1) is 18.1 Å². The Bertz CT molecular complexity index is 1130. The van der Waals surface area contributed by atoms with E-state index >= 15 is 0 Å². The van der Waals surface area contributed by atoms with Crippen LogP contribution in [0.3, 0.4) is 0 Å². The minimum Gasteiger partial charge on any atom is -0.456 e. The number of thiocarbonyl (C=S) groups is 1. The van der Waals surface area contributed by atoms with Crippen LogP contribution in [0.4, 0.5) is 5.82 Å². The highest BCUT2D eigenvalue weighted by Crippen LogP contribution is 2.33.